The Morgan fingerprint density at radius 2 is 1.61 bits per heavy atom. The van der Waals surface area contributed by atoms with Crippen LogP contribution in [-0.4, -0.2) is 0 Å². The summed E-state index contributed by atoms with van der Waals surface area (Å²) in [5.41, 5.74) is 8.26. The first-order valence-corrected chi connectivity index (χ1v) is 9.99. The average molecular weight is 356 g/mol. The highest BCUT2D eigenvalue weighted by Gasteiger charge is 2.22. The van der Waals surface area contributed by atoms with Gasteiger partial charge in [-0.2, -0.15) is 0 Å². The van der Waals surface area contributed by atoms with E-state index >= 15 is 0 Å². The minimum absolute atomic E-state index is 0.357. The smallest absolute Gasteiger partial charge is 0.0287 e. The molecule has 28 heavy (non-hydrogen) atoms. The monoisotopic (exact) mass is 356 g/mol. The molecule has 0 aliphatic heterocycles. The van der Waals surface area contributed by atoms with Gasteiger partial charge in [-0.1, -0.05) is 85.3 Å². The summed E-state index contributed by atoms with van der Waals surface area (Å²) >= 11 is 0. The van der Waals surface area contributed by atoms with Crippen molar-refractivity contribution in [1.29, 1.82) is 0 Å². The van der Waals surface area contributed by atoms with Gasteiger partial charge in [0.05, 0.1) is 0 Å². The molecule has 0 amide bonds. The van der Waals surface area contributed by atoms with Crippen LogP contribution in [0, 0.1) is 6.07 Å². The molecule has 0 heteroatoms. The van der Waals surface area contributed by atoms with E-state index in [-0.39, 0.29) is 0 Å². The van der Waals surface area contributed by atoms with E-state index < -0.39 is 0 Å². The highest BCUT2D eigenvalue weighted by molar-refractivity contribution is 5.99. The molecule has 0 aromatic heterocycles. The maximum absolute atomic E-state index is 3.55. The summed E-state index contributed by atoms with van der Waals surface area (Å²) in [6.07, 6.45) is 3.44. The summed E-state index contributed by atoms with van der Waals surface area (Å²) in [6, 6.07) is 32.2. The topological polar surface area (TPSA) is 0 Å². The van der Waals surface area contributed by atoms with Crippen molar-refractivity contribution in [2.45, 2.75) is 19.3 Å². The van der Waals surface area contributed by atoms with Crippen molar-refractivity contribution in [1.82, 2.24) is 0 Å². The zero-order valence-corrected chi connectivity index (χ0v) is 15.9. The molecular formula is C28H20. The third-order valence-electron chi connectivity index (χ3n) is 6.38. The Hall–Kier alpha value is -3.34. The van der Waals surface area contributed by atoms with Crippen molar-refractivity contribution < 1.29 is 0 Å². The summed E-state index contributed by atoms with van der Waals surface area (Å²) in [7, 11) is 0. The Labute approximate surface area is 165 Å². The highest BCUT2D eigenvalue weighted by atomic mass is 14.3. The van der Waals surface area contributed by atoms with Gasteiger partial charge in [-0.3, -0.25) is 0 Å². The van der Waals surface area contributed by atoms with Crippen molar-refractivity contribution in [2.75, 3.05) is 0 Å². The van der Waals surface area contributed by atoms with Crippen molar-refractivity contribution in [2.24, 2.45) is 0 Å². The lowest BCUT2D eigenvalue weighted by molar-refractivity contribution is 0.861. The Morgan fingerprint density at radius 3 is 2.50 bits per heavy atom. The molecule has 0 nitrogen and oxygen atoms in total. The molecule has 3 aromatic carbocycles. The quantitative estimate of drug-likeness (QED) is 0.290. The number of allylic oxidation sites excluding steroid dienone is 1. The largest absolute Gasteiger partial charge is 0.112 e. The third-order valence-corrected chi connectivity index (χ3v) is 6.38. The van der Waals surface area contributed by atoms with Gasteiger partial charge in [0.25, 0.3) is 0 Å². The molecule has 1 unspecified atom stereocenters. The highest BCUT2D eigenvalue weighted by Crippen LogP contribution is 2.42. The molecule has 6 rings (SSSR count). The third kappa shape index (κ3) is 2.19. The Balaban J connectivity index is 1.52. The Bertz CT molecular complexity index is 1340. The van der Waals surface area contributed by atoms with Gasteiger partial charge < -0.3 is 0 Å². The second kappa shape index (κ2) is 5.83. The van der Waals surface area contributed by atoms with Gasteiger partial charge in [0.2, 0.25) is 0 Å². The van der Waals surface area contributed by atoms with Gasteiger partial charge in [0, 0.05) is 17.0 Å². The summed E-state index contributed by atoms with van der Waals surface area (Å²) in [5.74, 6) is 0.357. The van der Waals surface area contributed by atoms with E-state index in [1.165, 1.54) is 54.9 Å². The molecule has 3 aliphatic carbocycles. The SMILES string of the molecule is CC(C1=Cc2cccc3cccc(c23)C1)[c-]1ccc2cccc3cc[c+]c1-c32. The van der Waals surface area contributed by atoms with Gasteiger partial charge in [-0.25, -0.2) is 0 Å². The second-order valence-electron chi connectivity index (χ2n) is 7.93. The predicted molar refractivity (Wildman–Crippen MR) is 119 cm³/mol. The van der Waals surface area contributed by atoms with Crippen molar-refractivity contribution in [3.63, 3.8) is 0 Å². The first kappa shape index (κ1) is 15.7. The summed E-state index contributed by atoms with van der Waals surface area (Å²) in [5, 5.41) is 5.36. The zero-order valence-electron chi connectivity index (χ0n) is 15.9. The maximum atomic E-state index is 3.55. The van der Waals surface area contributed by atoms with Crippen molar-refractivity contribution in [3.05, 3.63) is 107 Å². The van der Waals surface area contributed by atoms with Gasteiger partial charge in [0.1, 0.15) is 0 Å². The number of rotatable bonds is 2. The van der Waals surface area contributed by atoms with E-state index in [9.17, 15) is 0 Å². The van der Waals surface area contributed by atoms with E-state index in [1.54, 1.807) is 0 Å². The van der Waals surface area contributed by atoms with E-state index in [0.717, 1.165) is 6.42 Å². The molecule has 0 fully saturated rings. The first-order chi connectivity index (χ1) is 13.8. The van der Waals surface area contributed by atoms with Crippen LogP contribution in [0.2, 0.25) is 0 Å². The fourth-order valence-corrected chi connectivity index (χ4v) is 4.96. The van der Waals surface area contributed by atoms with Crippen LogP contribution < -0.4 is 0 Å². The molecule has 0 heterocycles. The normalized spacial score (nSPS) is 14.4. The minimum atomic E-state index is 0.357. The molecular weight excluding hydrogens is 336 g/mol. The van der Waals surface area contributed by atoms with Gasteiger partial charge >= 0.3 is 0 Å². The second-order valence-corrected chi connectivity index (χ2v) is 7.93. The summed E-state index contributed by atoms with van der Waals surface area (Å²) in [6.45, 7) is 2.35. The van der Waals surface area contributed by atoms with Gasteiger partial charge in [-0.05, 0) is 56.8 Å². The first-order valence-electron chi connectivity index (χ1n) is 9.99. The lowest BCUT2D eigenvalue weighted by Crippen LogP contribution is -2.08. The Kier molecular flexibility index (Phi) is 3.27. The van der Waals surface area contributed by atoms with Crippen LogP contribution in [0.1, 0.15) is 29.5 Å². The average Bonchev–Trinajstić information content (AvgIpc) is 2.74. The molecule has 0 saturated heterocycles. The number of hydrogen-bond donors (Lipinski definition) is 0. The van der Waals surface area contributed by atoms with Crippen molar-refractivity contribution in [3.8, 4) is 11.1 Å². The Morgan fingerprint density at radius 1 is 0.857 bits per heavy atom. The molecule has 0 N–H and O–H groups in total. The molecule has 1 atom stereocenters. The van der Waals surface area contributed by atoms with Crippen molar-refractivity contribution >= 4 is 27.6 Å². The maximum Gasteiger partial charge on any atom is 0.0287 e. The molecule has 3 aliphatic rings. The van der Waals surface area contributed by atoms with Crippen LogP contribution in [0.25, 0.3) is 38.7 Å². The number of benzene rings is 5. The van der Waals surface area contributed by atoms with E-state index in [0.29, 0.717) is 5.92 Å². The molecule has 3 aromatic rings. The van der Waals surface area contributed by atoms with E-state index in [1.807, 2.05) is 0 Å². The standard InChI is InChI=1S/C28H20/c1-18(24-16-22-11-3-6-19-7-4-12-23(17-24)27(19)22)25-15-14-21-9-2-8-20-10-5-13-26(25)28(20)21/h2-12,14-16,18H,17H2,1H3. The summed E-state index contributed by atoms with van der Waals surface area (Å²) < 4.78 is 0. The van der Waals surface area contributed by atoms with Crippen LogP contribution in [0.5, 0.6) is 0 Å². The molecule has 0 radical (unpaired) electrons. The minimum Gasteiger partial charge on any atom is -0.112 e. The van der Waals surface area contributed by atoms with E-state index in [4.69, 9.17) is 0 Å². The number of hydrogen-bond acceptors (Lipinski definition) is 0. The van der Waals surface area contributed by atoms with Gasteiger partial charge in [-0.15, -0.1) is 6.07 Å². The predicted octanol–water partition coefficient (Wildman–Crippen LogP) is 7.36. The fraction of sp³-hybridized carbons (Fsp3) is 0.107. The zero-order chi connectivity index (χ0) is 18.7. The van der Waals surface area contributed by atoms with Gasteiger partial charge in [0.15, 0.2) is 0 Å². The molecule has 132 valence electrons. The van der Waals surface area contributed by atoms with Crippen LogP contribution in [0.15, 0.2) is 84.4 Å². The van der Waals surface area contributed by atoms with Crippen LogP contribution >= 0.6 is 0 Å². The lowest BCUT2D eigenvalue weighted by atomic mass is 9.78. The molecule has 0 spiro atoms. The van der Waals surface area contributed by atoms with E-state index in [2.05, 4.69) is 97.9 Å². The van der Waals surface area contributed by atoms with Crippen LogP contribution in [-0.2, 0) is 6.42 Å². The van der Waals surface area contributed by atoms with Crippen LogP contribution in [0.4, 0.5) is 0 Å². The summed E-state index contributed by atoms with van der Waals surface area (Å²) in [4.78, 5) is 0. The van der Waals surface area contributed by atoms with Crippen LogP contribution in [0.3, 0.4) is 0 Å². The molecule has 0 saturated carbocycles. The lowest BCUT2D eigenvalue weighted by Gasteiger charge is -2.25. The molecule has 0 bridgehead atoms. The fourth-order valence-electron chi connectivity index (χ4n) is 4.96.